The quantitative estimate of drug-likeness (QED) is 0.454. The number of aryl methyl sites for hydroxylation is 2. The van der Waals surface area contributed by atoms with Gasteiger partial charge in [-0.2, -0.15) is 0 Å². The molecule has 0 spiro atoms. The lowest BCUT2D eigenvalue weighted by molar-refractivity contribution is 0.0958. The number of aromatic nitrogens is 2. The van der Waals surface area contributed by atoms with Crippen molar-refractivity contribution >= 4 is 39.7 Å². The molecule has 2 amide bonds. The van der Waals surface area contributed by atoms with E-state index in [1.165, 1.54) is 16.9 Å². The summed E-state index contributed by atoms with van der Waals surface area (Å²) in [4.78, 5) is 31.8. The van der Waals surface area contributed by atoms with Crippen LogP contribution in [-0.2, 0) is 12.8 Å². The van der Waals surface area contributed by atoms with Gasteiger partial charge in [-0.25, -0.2) is 4.98 Å². The Kier molecular flexibility index (Phi) is 5.39. The third kappa shape index (κ3) is 4.35. The third-order valence-corrected chi connectivity index (χ3v) is 5.51. The highest BCUT2D eigenvalue weighted by Gasteiger charge is 2.13. The monoisotopic (exact) mass is 404 g/mol. The second-order valence-electron chi connectivity index (χ2n) is 6.63. The number of fused-ring (bicyclic) bond motifs is 1. The second kappa shape index (κ2) is 8.28. The number of aromatic amines is 1. The molecule has 0 radical (unpaired) electrons. The van der Waals surface area contributed by atoms with Gasteiger partial charge in [0.15, 0.2) is 0 Å². The summed E-state index contributed by atoms with van der Waals surface area (Å²) in [5, 5.41) is 9.04. The number of anilines is 1. The van der Waals surface area contributed by atoms with Crippen LogP contribution >= 0.6 is 11.3 Å². The Morgan fingerprint density at radius 2 is 1.86 bits per heavy atom. The molecule has 2 aromatic carbocycles. The maximum Gasteiger partial charge on any atom is 0.275 e. The van der Waals surface area contributed by atoms with Crippen molar-refractivity contribution in [2.24, 2.45) is 0 Å². The van der Waals surface area contributed by atoms with E-state index in [1.54, 1.807) is 24.6 Å². The van der Waals surface area contributed by atoms with Crippen LogP contribution in [0, 0.1) is 0 Å². The molecule has 0 saturated heterocycles. The van der Waals surface area contributed by atoms with E-state index < -0.39 is 0 Å². The smallest absolute Gasteiger partial charge is 0.275 e. The van der Waals surface area contributed by atoms with E-state index in [2.05, 4.69) is 32.7 Å². The second-order valence-corrected chi connectivity index (χ2v) is 7.57. The van der Waals surface area contributed by atoms with Gasteiger partial charge < -0.3 is 15.6 Å². The first kappa shape index (κ1) is 18.9. The molecule has 7 heteroatoms. The van der Waals surface area contributed by atoms with Crippen molar-refractivity contribution in [1.82, 2.24) is 15.3 Å². The number of hydrogen-bond acceptors (Lipinski definition) is 4. The number of thiazole rings is 1. The summed E-state index contributed by atoms with van der Waals surface area (Å²) in [6.07, 6.45) is 1.70. The van der Waals surface area contributed by atoms with Crippen molar-refractivity contribution in [2.75, 3.05) is 12.4 Å². The van der Waals surface area contributed by atoms with Gasteiger partial charge in [0.05, 0.1) is 5.01 Å². The van der Waals surface area contributed by atoms with Gasteiger partial charge in [-0.15, -0.1) is 11.3 Å². The molecule has 0 saturated carbocycles. The van der Waals surface area contributed by atoms with Crippen molar-refractivity contribution in [2.45, 2.75) is 12.8 Å². The summed E-state index contributed by atoms with van der Waals surface area (Å²) in [5.41, 5.74) is 3.64. The van der Waals surface area contributed by atoms with Crippen molar-refractivity contribution in [3.05, 3.63) is 81.9 Å². The zero-order valence-corrected chi connectivity index (χ0v) is 16.7. The van der Waals surface area contributed by atoms with Crippen LogP contribution in [0.4, 0.5) is 5.69 Å². The van der Waals surface area contributed by atoms with E-state index in [-0.39, 0.29) is 11.8 Å². The summed E-state index contributed by atoms with van der Waals surface area (Å²) in [6.45, 7) is 0. The largest absolute Gasteiger partial charge is 0.354 e. The predicted molar refractivity (Wildman–Crippen MR) is 116 cm³/mol. The number of amides is 2. The lowest BCUT2D eigenvalue weighted by Gasteiger charge is -2.03. The fourth-order valence-corrected chi connectivity index (χ4v) is 3.87. The molecule has 2 aromatic heterocycles. The Hall–Kier alpha value is -3.45. The Bertz CT molecular complexity index is 1160. The number of H-pyrrole nitrogens is 1. The Morgan fingerprint density at radius 1 is 1.03 bits per heavy atom. The number of nitrogens with one attached hydrogen (secondary N) is 3. The molecule has 146 valence electrons. The fraction of sp³-hybridized carbons (Fsp3) is 0.136. The summed E-state index contributed by atoms with van der Waals surface area (Å²) in [7, 11) is 1.58. The highest BCUT2D eigenvalue weighted by atomic mass is 32.1. The standard InChI is InChI=1S/C22H20N4O2S/c1-23-21(27)18-12-15-11-16(8-9-17(15)25-18)24-22(28)19-13-29-20(26-19)10-7-14-5-3-2-4-6-14/h2-6,8-9,11-13,25H,7,10H2,1H3,(H,23,27)(H,24,28). The molecule has 0 fully saturated rings. The summed E-state index contributed by atoms with van der Waals surface area (Å²) < 4.78 is 0. The van der Waals surface area contributed by atoms with Crippen LogP contribution in [0.2, 0.25) is 0 Å². The molecule has 2 heterocycles. The third-order valence-electron chi connectivity index (χ3n) is 4.61. The van der Waals surface area contributed by atoms with E-state index in [1.807, 2.05) is 30.3 Å². The number of benzene rings is 2. The lowest BCUT2D eigenvalue weighted by atomic mass is 10.1. The predicted octanol–water partition coefficient (Wildman–Crippen LogP) is 4.02. The van der Waals surface area contributed by atoms with E-state index in [4.69, 9.17) is 0 Å². The zero-order chi connectivity index (χ0) is 20.2. The first-order valence-corrected chi connectivity index (χ1v) is 10.1. The van der Waals surface area contributed by atoms with Gasteiger partial charge in [-0.05, 0) is 36.2 Å². The fourth-order valence-electron chi connectivity index (χ4n) is 3.09. The van der Waals surface area contributed by atoms with Crippen LogP contribution in [0.5, 0.6) is 0 Å². The molecule has 0 atom stereocenters. The molecule has 4 aromatic rings. The molecule has 3 N–H and O–H groups in total. The topological polar surface area (TPSA) is 86.9 Å². The van der Waals surface area contributed by atoms with E-state index in [0.29, 0.717) is 17.1 Å². The molecule has 6 nitrogen and oxygen atoms in total. The molecule has 0 aliphatic rings. The van der Waals surface area contributed by atoms with Gasteiger partial charge in [0.1, 0.15) is 11.4 Å². The maximum atomic E-state index is 12.6. The van der Waals surface area contributed by atoms with Crippen LogP contribution in [0.1, 0.15) is 31.5 Å². The first-order valence-electron chi connectivity index (χ1n) is 9.27. The van der Waals surface area contributed by atoms with Gasteiger partial charge in [0.25, 0.3) is 11.8 Å². The van der Waals surface area contributed by atoms with Gasteiger partial charge >= 0.3 is 0 Å². The highest BCUT2D eigenvalue weighted by molar-refractivity contribution is 7.09. The highest BCUT2D eigenvalue weighted by Crippen LogP contribution is 2.21. The summed E-state index contributed by atoms with van der Waals surface area (Å²) in [6, 6.07) is 17.5. The van der Waals surface area contributed by atoms with E-state index >= 15 is 0 Å². The number of carbonyl (C=O) groups excluding carboxylic acids is 2. The minimum atomic E-state index is -0.242. The van der Waals surface area contributed by atoms with Crippen molar-refractivity contribution in [3.63, 3.8) is 0 Å². The van der Waals surface area contributed by atoms with Crippen LogP contribution in [-0.4, -0.2) is 28.8 Å². The zero-order valence-electron chi connectivity index (χ0n) is 15.9. The molecule has 4 rings (SSSR count). The first-order chi connectivity index (χ1) is 14.1. The Labute approximate surface area is 172 Å². The average Bonchev–Trinajstić information content (AvgIpc) is 3.39. The van der Waals surface area contributed by atoms with Crippen molar-refractivity contribution in [3.8, 4) is 0 Å². The van der Waals surface area contributed by atoms with Gasteiger partial charge in [-0.3, -0.25) is 9.59 Å². The van der Waals surface area contributed by atoms with Crippen LogP contribution in [0.3, 0.4) is 0 Å². The molecule has 0 unspecified atom stereocenters. The number of rotatable bonds is 6. The minimum Gasteiger partial charge on any atom is -0.354 e. The molecule has 0 aliphatic heterocycles. The van der Waals surface area contributed by atoms with Crippen LogP contribution < -0.4 is 10.6 Å². The van der Waals surface area contributed by atoms with Crippen molar-refractivity contribution < 1.29 is 9.59 Å². The van der Waals surface area contributed by atoms with Gasteiger partial charge in [-0.1, -0.05) is 30.3 Å². The minimum absolute atomic E-state index is 0.183. The average molecular weight is 404 g/mol. The molecule has 0 aliphatic carbocycles. The summed E-state index contributed by atoms with van der Waals surface area (Å²) in [5.74, 6) is -0.425. The molecular weight excluding hydrogens is 384 g/mol. The van der Waals surface area contributed by atoms with E-state index in [9.17, 15) is 9.59 Å². The SMILES string of the molecule is CNC(=O)c1cc2cc(NC(=O)c3csc(CCc4ccccc4)n3)ccc2[nH]1. The van der Waals surface area contributed by atoms with Gasteiger partial charge in [0.2, 0.25) is 0 Å². The number of hydrogen-bond donors (Lipinski definition) is 3. The molecular formula is C22H20N4O2S. The van der Waals surface area contributed by atoms with E-state index in [0.717, 1.165) is 28.8 Å². The van der Waals surface area contributed by atoms with Crippen molar-refractivity contribution in [1.29, 1.82) is 0 Å². The number of nitrogens with zero attached hydrogens (tertiary/aromatic N) is 1. The lowest BCUT2D eigenvalue weighted by Crippen LogP contribution is -2.17. The van der Waals surface area contributed by atoms with Gasteiger partial charge in [0, 0.05) is 35.4 Å². The molecule has 0 bridgehead atoms. The Balaban J connectivity index is 1.42. The summed E-state index contributed by atoms with van der Waals surface area (Å²) >= 11 is 1.50. The normalized spacial score (nSPS) is 10.8. The molecule has 29 heavy (non-hydrogen) atoms. The Morgan fingerprint density at radius 3 is 2.66 bits per heavy atom. The van der Waals surface area contributed by atoms with Crippen LogP contribution in [0.25, 0.3) is 10.9 Å². The maximum absolute atomic E-state index is 12.6. The number of carbonyl (C=O) groups is 2. The van der Waals surface area contributed by atoms with Crippen LogP contribution in [0.15, 0.2) is 60.0 Å².